The molecule has 0 N–H and O–H groups in total. The monoisotopic (exact) mass is 250 g/mol. The van der Waals surface area contributed by atoms with Crippen molar-refractivity contribution < 1.29 is 9.13 Å². The molecule has 18 heavy (non-hydrogen) atoms. The molecule has 0 spiro atoms. The zero-order valence-electron chi connectivity index (χ0n) is 10.5. The van der Waals surface area contributed by atoms with Crippen LogP contribution in [0.1, 0.15) is 25.0 Å². The van der Waals surface area contributed by atoms with Crippen LogP contribution in [0.5, 0.6) is 0 Å². The second-order valence-corrected chi connectivity index (χ2v) is 5.43. The average Bonchev–Trinajstić information content (AvgIpc) is 2.94. The molecule has 1 unspecified atom stereocenters. The van der Waals surface area contributed by atoms with Gasteiger partial charge in [0.15, 0.2) is 0 Å². The third kappa shape index (κ3) is 3.06. The van der Waals surface area contributed by atoms with Crippen LogP contribution in [0.2, 0.25) is 0 Å². The molecule has 1 atom stereocenters. The molecule has 1 saturated heterocycles. The Bertz CT molecular complexity index is 394. The Morgan fingerprint density at radius 1 is 1.44 bits per heavy atom. The van der Waals surface area contributed by atoms with Gasteiger partial charge in [0.2, 0.25) is 0 Å². The lowest BCUT2D eigenvalue weighted by atomic mass is 10.3. The van der Waals surface area contributed by atoms with E-state index in [1.807, 2.05) is 18.2 Å². The van der Waals surface area contributed by atoms with Gasteiger partial charge in [-0.25, -0.2) is 4.39 Å². The van der Waals surface area contributed by atoms with Gasteiger partial charge in [0, 0.05) is 25.8 Å². The van der Waals surface area contributed by atoms with Gasteiger partial charge in [-0.15, -0.1) is 0 Å². The first-order valence-corrected chi connectivity index (χ1v) is 6.66. The summed E-state index contributed by atoms with van der Waals surface area (Å²) in [5, 5.41) is 0. The SMILES string of the molecule is FC1(CN2CCC(OCc3ccccn3)C2)CC1. The number of hydrogen-bond acceptors (Lipinski definition) is 3. The second-order valence-electron chi connectivity index (χ2n) is 5.43. The minimum absolute atomic E-state index is 0.231. The molecule has 1 aromatic rings. The minimum Gasteiger partial charge on any atom is -0.371 e. The summed E-state index contributed by atoms with van der Waals surface area (Å²) in [5.41, 5.74) is 0.0793. The summed E-state index contributed by atoms with van der Waals surface area (Å²) >= 11 is 0. The maximum atomic E-state index is 13.6. The van der Waals surface area contributed by atoms with Gasteiger partial charge in [-0.1, -0.05) is 6.07 Å². The maximum absolute atomic E-state index is 13.6. The first-order chi connectivity index (χ1) is 8.73. The predicted molar refractivity (Wildman–Crippen MR) is 66.9 cm³/mol. The number of alkyl halides is 1. The molecule has 0 amide bonds. The van der Waals surface area contributed by atoms with Crippen molar-refractivity contribution in [2.24, 2.45) is 0 Å². The Balaban J connectivity index is 1.42. The Kier molecular flexibility index (Phi) is 3.31. The maximum Gasteiger partial charge on any atom is 0.123 e. The topological polar surface area (TPSA) is 25.4 Å². The molecule has 98 valence electrons. The molecule has 0 radical (unpaired) electrons. The van der Waals surface area contributed by atoms with Crippen LogP contribution in [-0.2, 0) is 11.3 Å². The van der Waals surface area contributed by atoms with Crippen molar-refractivity contribution in [3.63, 3.8) is 0 Å². The summed E-state index contributed by atoms with van der Waals surface area (Å²) in [6.07, 6.45) is 4.49. The highest BCUT2D eigenvalue weighted by molar-refractivity contribution is 5.02. The summed E-state index contributed by atoms with van der Waals surface area (Å²) in [7, 11) is 0. The first-order valence-electron chi connectivity index (χ1n) is 6.66. The molecule has 3 rings (SSSR count). The Morgan fingerprint density at radius 2 is 2.33 bits per heavy atom. The quantitative estimate of drug-likeness (QED) is 0.801. The lowest BCUT2D eigenvalue weighted by molar-refractivity contribution is 0.0425. The highest BCUT2D eigenvalue weighted by atomic mass is 19.1. The highest BCUT2D eigenvalue weighted by Crippen LogP contribution is 2.40. The number of aromatic nitrogens is 1. The van der Waals surface area contributed by atoms with E-state index in [9.17, 15) is 4.39 Å². The number of pyridine rings is 1. The van der Waals surface area contributed by atoms with Gasteiger partial charge in [0.05, 0.1) is 18.4 Å². The van der Waals surface area contributed by atoms with E-state index in [-0.39, 0.29) is 6.10 Å². The van der Waals surface area contributed by atoms with E-state index in [0.29, 0.717) is 13.2 Å². The summed E-state index contributed by atoms with van der Waals surface area (Å²) < 4.78 is 19.5. The van der Waals surface area contributed by atoms with Crippen LogP contribution in [0.4, 0.5) is 4.39 Å². The summed E-state index contributed by atoms with van der Waals surface area (Å²) in [6, 6.07) is 5.83. The van der Waals surface area contributed by atoms with Crippen LogP contribution in [-0.4, -0.2) is 41.3 Å². The molecule has 2 heterocycles. The average molecular weight is 250 g/mol. The van der Waals surface area contributed by atoms with Gasteiger partial charge in [-0.05, 0) is 31.4 Å². The van der Waals surface area contributed by atoms with Crippen molar-refractivity contribution in [2.45, 2.75) is 37.6 Å². The summed E-state index contributed by atoms with van der Waals surface area (Å²) in [6.45, 7) is 2.97. The Hall–Kier alpha value is -1.00. The van der Waals surface area contributed by atoms with Gasteiger partial charge in [0.1, 0.15) is 5.67 Å². The molecule has 0 aromatic carbocycles. The van der Waals surface area contributed by atoms with Crippen molar-refractivity contribution in [1.29, 1.82) is 0 Å². The fraction of sp³-hybridized carbons (Fsp3) is 0.643. The van der Waals surface area contributed by atoms with Crippen molar-refractivity contribution in [2.75, 3.05) is 19.6 Å². The Labute approximate surface area is 107 Å². The van der Waals surface area contributed by atoms with Crippen LogP contribution >= 0.6 is 0 Å². The number of likely N-dealkylation sites (tertiary alicyclic amines) is 1. The third-order valence-corrected chi connectivity index (χ3v) is 3.72. The molecule has 3 nitrogen and oxygen atoms in total. The normalized spacial score (nSPS) is 26.4. The number of hydrogen-bond donors (Lipinski definition) is 0. The van der Waals surface area contributed by atoms with Crippen LogP contribution in [0.15, 0.2) is 24.4 Å². The first kappa shape index (κ1) is 12.1. The lowest BCUT2D eigenvalue weighted by Crippen LogP contribution is -2.30. The lowest BCUT2D eigenvalue weighted by Gasteiger charge is -2.18. The molecule has 2 aliphatic rings. The smallest absolute Gasteiger partial charge is 0.123 e. The van der Waals surface area contributed by atoms with Crippen molar-refractivity contribution in [3.8, 4) is 0 Å². The van der Waals surface area contributed by atoms with Crippen molar-refractivity contribution >= 4 is 0 Å². The summed E-state index contributed by atoms with van der Waals surface area (Å²) in [5.74, 6) is 0. The van der Waals surface area contributed by atoms with E-state index >= 15 is 0 Å². The van der Waals surface area contributed by atoms with Crippen LogP contribution in [0, 0.1) is 0 Å². The van der Waals surface area contributed by atoms with Crippen molar-refractivity contribution in [3.05, 3.63) is 30.1 Å². The molecule has 1 aliphatic carbocycles. The number of nitrogens with zero attached hydrogens (tertiary/aromatic N) is 2. The molecule has 1 aromatic heterocycles. The van der Waals surface area contributed by atoms with Crippen molar-refractivity contribution in [1.82, 2.24) is 9.88 Å². The minimum atomic E-state index is -0.879. The van der Waals surface area contributed by atoms with Gasteiger partial charge < -0.3 is 4.74 Å². The number of rotatable bonds is 5. The van der Waals surface area contributed by atoms with E-state index in [0.717, 1.165) is 38.0 Å². The molecule has 1 saturated carbocycles. The van der Waals surface area contributed by atoms with E-state index in [1.165, 1.54) is 0 Å². The molecule has 2 fully saturated rings. The Morgan fingerprint density at radius 3 is 3.06 bits per heavy atom. The second kappa shape index (κ2) is 4.94. The molecular formula is C14H19FN2O. The fourth-order valence-corrected chi connectivity index (χ4v) is 2.46. The van der Waals surface area contributed by atoms with E-state index in [2.05, 4.69) is 9.88 Å². The zero-order valence-corrected chi connectivity index (χ0v) is 10.5. The standard InChI is InChI=1S/C14H19FN2O/c15-14(5-6-14)11-17-8-4-13(9-17)18-10-12-3-1-2-7-16-12/h1-3,7,13H,4-6,8-11H2. The van der Waals surface area contributed by atoms with Gasteiger partial charge in [-0.2, -0.15) is 0 Å². The fourth-order valence-electron chi connectivity index (χ4n) is 2.46. The zero-order chi connectivity index (χ0) is 12.4. The van der Waals surface area contributed by atoms with E-state index < -0.39 is 5.67 Å². The largest absolute Gasteiger partial charge is 0.371 e. The van der Waals surface area contributed by atoms with Gasteiger partial charge >= 0.3 is 0 Å². The number of ether oxygens (including phenoxy) is 1. The van der Waals surface area contributed by atoms with Crippen LogP contribution in [0.3, 0.4) is 0 Å². The van der Waals surface area contributed by atoms with Gasteiger partial charge in [-0.3, -0.25) is 9.88 Å². The molecular weight excluding hydrogens is 231 g/mol. The van der Waals surface area contributed by atoms with Crippen LogP contribution < -0.4 is 0 Å². The van der Waals surface area contributed by atoms with Gasteiger partial charge in [0.25, 0.3) is 0 Å². The summed E-state index contributed by atoms with van der Waals surface area (Å²) in [4.78, 5) is 6.42. The van der Waals surface area contributed by atoms with Crippen LogP contribution in [0.25, 0.3) is 0 Å². The molecule has 1 aliphatic heterocycles. The third-order valence-electron chi connectivity index (χ3n) is 3.72. The van der Waals surface area contributed by atoms with E-state index in [4.69, 9.17) is 4.74 Å². The predicted octanol–water partition coefficient (Wildman–Crippen LogP) is 2.17. The molecule has 4 heteroatoms. The highest BCUT2D eigenvalue weighted by Gasteiger charge is 2.45. The molecule has 0 bridgehead atoms. The number of halogens is 1. The van der Waals surface area contributed by atoms with E-state index in [1.54, 1.807) is 6.20 Å².